The summed E-state index contributed by atoms with van der Waals surface area (Å²) in [5.41, 5.74) is 4.64. The Bertz CT molecular complexity index is 1420. The maximum absolute atomic E-state index is 14.2. The number of anilines is 1. The number of benzene rings is 3. The van der Waals surface area contributed by atoms with E-state index in [1.807, 2.05) is 102 Å². The molecule has 2 heterocycles. The molecule has 6 nitrogen and oxygen atoms in total. The topological polar surface area (TPSA) is 54.8 Å². The highest BCUT2D eigenvalue weighted by Crippen LogP contribution is 2.42. The summed E-state index contributed by atoms with van der Waals surface area (Å²) in [6.45, 7) is 2.80. The lowest BCUT2D eigenvalue weighted by molar-refractivity contribution is -0.139. The number of hydrogen-bond donors (Lipinski definition) is 0. The van der Waals surface area contributed by atoms with Crippen molar-refractivity contribution in [3.8, 4) is 5.69 Å². The first-order valence-electron chi connectivity index (χ1n) is 13.3. The lowest BCUT2D eigenvalue weighted by Crippen LogP contribution is -2.47. The second-order valence-electron chi connectivity index (χ2n) is 9.66. The fourth-order valence-electron chi connectivity index (χ4n) is 5.02. The Balaban J connectivity index is 1.42. The molecule has 1 aromatic heterocycles. The molecule has 5 rings (SSSR count). The fourth-order valence-corrected chi connectivity index (χ4v) is 5.15. The van der Waals surface area contributed by atoms with Crippen molar-refractivity contribution in [2.45, 2.75) is 32.4 Å². The van der Waals surface area contributed by atoms with Crippen molar-refractivity contribution in [3.63, 3.8) is 0 Å². The van der Waals surface area contributed by atoms with E-state index in [1.165, 1.54) is 0 Å². The summed E-state index contributed by atoms with van der Waals surface area (Å²) in [4.78, 5) is 30.9. The van der Waals surface area contributed by atoms with Crippen molar-refractivity contribution in [2.75, 3.05) is 24.6 Å². The Morgan fingerprint density at radius 1 is 0.897 bits per heavy atom. The molecule has 1 atom stereocenters. The third-order valence-electron chi connectivity index (χ3n) is 6.97. The standard InChI is InChI=1S/C32H32ClN3O3/c1-2-3-19-34(31(38)23-39-22-24-10-5-4-6-11-24)21-30(37)36-28-13-8-7-12-27(28)35-20-9-14-29(35)32(36)25-15-17-26(33)18-16-25/h4-18,20,32H,2-3,19,21-23H2,1H3. The fraction of sp³-hybridized carbons (Fsp3) is 0.250. The molecule has 2 amide bonds. The minimum atomic E-state index is -0.364. The van der Waals surface area contributed by atoms with Crippen LogP contribution >= 0.6 is 11.6 Å². The maximum atomic E-state index is 14.2. The molecular formula is C32H32ClN3O3. The number of ether oxygens (including phenoxy) is 1. The minimum absolute atomic E-state index is 0.0351. The van der Waals surface area contributed by atoms with Gasteiger partial charge < -0.3 is 14.2 Å². The van der Waals surface area contributed by atoms with E-state index < -0.39 is 0 Å². The lowest BCUT2D eigenvalue weighted by atomic mass is 9.97. The van der Waals surface area contributed by atoms with Crippen LogP contribution in [0.5, 0.6) is 0 Å². The van der Waals surface area contributed by atoms with Gasteiger partial charge in [0.15, 0.2) is 0 Å². The predicted molar refractivity (Wildman–Crippen MR) is 154 cm³/mol. The summed E-state index contributed by atoms with van der Waals surface area (Å²) in [7, 11) is 0. The number of amides is 2. The van der Waals surface area contributed by atoms with Crippen LogP contribution in [-0.4, -0.2) is 41.0 Å². The zero-order valence-corrected chi connectivity index (χ0v) is 22.8. The molecule has 0 bridgehead atoms. The van der Waals surface area contributed by atoms with Gasteiger partial charge in [-0.1, -0.05) is 79.5 Å². The number of fused-ring (bicyclic) bond motifs is 3. The Labute approximate surface area is 234 Å². The number of rotatable bonds is 10. The summed E-state index contributed by atoms with van der Waals surface area (Å²) in [5.74, 6) is -0.341. The van der Waals surface area contributed by atoms with Crippen LogP contribution in [-0.2, 0) is 20.9 Å². The minimum Gasteiger partial charge on any atom is -0.367 e. The molecular weight excluding hydrogens is 510 g/mol. The van der Waals surface area contributed by atoms with Crippen LogP contribution in [0.15, 0.2) is 97.2 Å². The Kier molecular flexibility index (Phi) is 8.45. The molecule has 0 aliphatic carbocycles. The number of carbonyl (C=O) groups is 2. The van der Waals surface area contributed by atoms with E-state index in [4.69, 9.17) is 16.3 Å². The van der Waals surface area contributed by atoms with Gasteiger partial charge >= 0.3 is 0 Å². The van der Waals surface area contributed by atoms with Crippen LogP contribution in [0.25, 0.3) is 5.69 Å². The van der Waals surface area contributed by atoms with E-state index in [-0.39, 0.29) is 31.0 Å². The average molecular weight is 542 g/mol. The summed E-state index contributed by atoms with van der Waals surface area (Å²) in [6.07, 6.45) is 3.73. The van der Waals surface area contributed by atoms with Crippen LogP contribution in [0.2, 0.25) is 5.02 Å². The van der Waals surface area contributed by atoms with Gasteiger partial charge in [-0.05, 0) is 53.9 Å². The molecule has 1 aliphatic heterocycles. The number of halogens is 1. The molecule has 39 heavy (non-hydrogen) atoms. The molecule has 0 spiro atoms. The monoisotopic (exact) mass is 541 g/mol. The molecule has 3 aromatic carbocycles. The van der Waals surface area contributed by atoms with Crippen molar-refractivity contribution < 1.29 is 14.3 Å². The maximum Gasteiger partial charge on any atom is 0.249 e. The zero-order chi connectivity index (χ0) is 27.2. The molecule has 0 saturated heterocycles. The van der Waals surface area contributed by atoms with Gasteiger partial charge in [0.1, 0.15) is 19.2 Å². The van der Waals surface area contributed by atoms with Crippen LogP contribution in [0.4, 0.5) is 5.69 Å². The Morgan fingerprint density at radius 3 is 2.36 bits per heavy atom. The van der Waals surface area contributed by atoms with Crippen LogP contribution in [0.1, 0.15) is 42.6 Å². The van der Waals surface area contributed by atoms with Gasteiger partial charge in [-0.15, -0.1) is 0 Å². The molecule has 0 fully saturated rings. The van der Waals surface area contributed by atoms with Gasteiger partial charge in [-0.25, -0.2) is 0 Å². The number of hydrogen-bond acceptors (Lipinski definition) is 3. The predicted octanol–water partition coefficient (Wildman–Crippen LogP) is 6.41. The highest BCUT2D eigenvalue weighted by Gasteiger charge is 2.36. The summed E-state index contributed by atoms with van der Waals surface area (Å²) in [6, 6.07) is 28.9. The average Bonchev–Trinajstić information content (AvgIpc) is 3.45. The molecule has 1 aliphatic rings. The summed E-state index contributed by atoms with van der Waals surface area (Å²) >= 11 is 6.20. The van der Waals surface area contributed by atoms with Gasteiger partial charge in [0.2, 0.25) is 11.8 Å². The van der Waals surface area contributed by atoms with Crippen molar-refractivity contribution in [2.24, 2.45) is 0 Å². The molecule has 200 valence electrons. The smallest absolute Gasteiger partial charge is 0.249 e. The first-order chi connectivity index (χ1) is 19.1. The number of para-hydroxylation sites is 2. The van der Waals surface area contributed by atoms with E-state index in [0.29, 0.717) is 18.2 Å². The van der Waals surface area contributed by atoms with Crippen molar-refractivity contribution in [1.29, 1.82) is 0 Å². The summed E-state index contributed by atoms with van der Waals surface area (Å²) < 4.78 is 7.85. The Hall–Kier alpha value is -3.87. The molecule has 1 unspecified atom stereocenters. The van der Waals surface area contributed by atoms with Gasteiger partial charge in [0.05, 0.1) is 23.7 Å². The van der Waals surface area contributed by atoms with Crippen LogP contribution in [0, 0.1) is 0 Å². The third-order valence-corrected chi connectivity index (χ3v) is 7.22. The van der Waals surface area contributed by atoms with Crippen molar-refractivity contribution in [3.05, 3.63) is 119 Å². The van der Waals surface area contributed by atoms with Gasteiger partial charge in [-0.2, -0.15) is 0 Å². The van der Waals surface area contributed by atoms with E-state index >= 15 is 0 Å². The van der Waals surface area contributed by atoms with Crippen LogP contribution in [0.3, 0.4) is 0 Å². The lowest BCUT2D eigenvalue weighted by Gasteiger charge is -2.39. The second-order valence-corrected chi connectivity index (χ2v) is 10.1. The summed E-state index contributed by atoms with van der Waals surface area (Å²) in [5, 5.41) is 0.634. The number of nitrogens with zero attached hydrogens (tertiary/aromatic N) is 3. The SMILES string of the molecule is CCCCN(CC(=O)N1c2ccccc2-n2cccc2C1c1ccc(Cl)cc1)C(=O)COCc1ccccc1. The van der Waals surface area contributed by atoms with E-state index in [0.717, 1.165) is 41.0 Å². The normalized spacial score (nSPS) is 14.0. The quantitative estimate of drug-likeness (QED) is 0.233. The largest absolute Gasteiger partial charge is 0.367 e. The van der Waals surface area contributed by atoms with Gasteiger partial charge in [0.25, 0.3) is 0 Å². The van der Waals surface area contributed by atoms with Crippen molar-refractivity contribution in [1.82, 2.24) is 9.47 Å². The first kappa shape index (κ1) is 26.7. The van der Waals surface area contributed by atoms with E-state index in [2.05, 4.69) is 11.5 Å². The van der Waals surface area contributed by atoms with E-state index in [9.17, 15) is 9.59 Å². The number of aromatic nitrogens is 1. The van der Waals surface area contributed by atoms with Crippen molar-refractivity contribution >= 4 is 29.1 Å². The van der Waals surface area contributed by atoms with Gasteiger partial charge in [-0.3, -0.25) is 14.5 Å². The van der Waals surface area contributed by atoms with E-state index in [1.54, 1.807) is 4.90 Å². The third kappa shape index (κ3) is 5.92. The molecule has 0 N–H and O–H groups in total. The van der Waals surface area contributed by atoms with Crippen LogP contribution < -0.4 is 4.90 Å². The second kappa shape index (κ2) is 12.3. The molecule has 0 saturated carbocycles. The van der Waals surface area contributed by atoms with Gasteiger partial charge in [0, 0.05) is 17.8 Å². The number of unbranched alkanes of at least 4 members (excludes halogenated alkanes) is 1. The molecule has 7 heteroatoms. The molecule has 0 radical (unpaired) electrons. The highest BCUT2D eigenvalue weighted by atomic mass is 35.5. The first-order valence-corrected chi connectivity index (χ1v) is 13.7. The Morgan fingerprint density at radius 2 is 1.62 bits per heavy atom. The molecule has 4 aromatic rings. The highest BCUT2D eigenvalue weighted by molar-refractivity contribution is 6.30. The number of carbonyl (C=O) groups excluding carboxylic acids is 2. The zero-order valence-electron chi connectivity index (χ0n) is 22.0.